The zero-order chi connectivity index (χ0) is 38.1. The molecular formula is C55H42N2. The van der Waals surface area contributed by atoms with E-state index in [1.807, 2.05) is 18.2 Å². The number of aromatic nitrogens is 1. The smallest absolute Gasteiger partial charge is 0.0623 e. The Morgan fingerprint density at radius 3 is 1.14 bits per heavy atom. The van der Waals surface area contributed by atoms with Crippen LogP contribution in [0.15, 0.2) is 230 Å². The Bertz CT molecular complexity index is 2870. The molecule has 57 heavy (non-hydrogen) atoms. The maximum atomic E-state index is 8.51. The van der Waals surface area contributed by atoms with E-state index in [0.717, 1.165) is 55.7 Å². The average Bonchev–Trinajstić information content (AvgIpc) is 3.61. The summed E-state index contributed by atoms with van der Waals surface area (Å²) >= 11 is 0. The van der Waals surface area contributed by atoms with Gasteiger partial charge in [-0.2, -0.15) is 0 Å². The van der Waals surface area contributed by atoms with Crippen LogP contribution < -0.4 is 4.90 Å². The summed E-state index contributed by atoms with van der Waals surface area (Å²) in [6, 6.07) is 80.0. The number of hydrogen-bond acceptors (Lipinski definition) is 1. The number of hydrogen-bond donors (Lipinski definition) is 0. The fourth-order valence-corrected chi connectivity index (χ4v) is 7.92. The van der Waals surface area contributed by atoms with Crippen LogP contribution in [-0.2, 0) is 0 Å². The molecule has 0 atom stereocenters. The molecule has 2 nitrogen and oxygen atoms in total. The van der Waals surface area contributed by atoms with Gasteiger partial charge in [-0.25, -0.2) is 0 Å². The zero-order valence-electron chi connectivity index (χ0n) is 31.8. The number of para-hydroxylation sites is 1. The van der Waals surface area contributed by atoms with E-state index < -0.39 is 0 Å². The summed E-state index contributed by atoms with van der Waals surface area (Å²) in [5.74, 6) is 0. The van der Waals surface area contributed by atoms with E-state index in [0.29, 0.717) is 6.04 Å². The third-order valence-electron chi connectivity index (χ3n) is 10.8. The van der Waals surface area contributed by atoms with Gasteiger partial charge < -0.3 is 9.47 Å². The van der Waals surface area contributed by atoms with Gasteiger partial charge in [0.2, 0.25) is 0 Å². The van der Waals surface area contributed by atoms with Crippen LogP contribution in [0.4, 0.5) is 17.1 Å². The van der Waals surface area contributed by atoms with Gasteiger partial charge in [-0.15, -0.1) is 0 Å². The Morgan fingerprint density at radius 1 is 0.316 bits per heavy atom. The largest absolute Gasteiger partial charge is 0.311 e. The highest BCUT2D eigenvalue weighted by atomic mass is 15.1. The van der Waals surface area contributed by atoms with Crippen molar-refractivity contribution in [1.29, 1.82) is 0 Å². The Labute approximate surface area is 336 Å². The van der Waals surface area contributed by atoms with Crippen molar-refractivity contribution in [1.82, 2.24) is 4.57 Å². The SMILES string of the molecule is C.[2H]c1ccc2c(c1)c1cc(-c3ccc(N(c4ccc(-c5ccccc5)cc4)c4ccc(-c5ccccc5)cc4)cc3)ccc1n2-c1ccc(-c2ccccc2)cc1. The summed E-state index contributed by atoms with van der Waals surface area (Å²) < 4.78 is 10.8. The molecule has 1 aromatic heterocycles. The lowest BCUT2D eigenvalue weighted by molar-refractivity contribution is 1.18. The van der Waals surface area contributed by atoms with Crippen LogP contribution in [0.25, 0.3) is 72.0 Å². The van der Waals surface area contributed by atoms with Crippen molar-refractivity contribution in [2.24, 2.45) is 0 Å². The maximum absolute atomic E-state index is 8.51. The van der Waals surface area contributed by atoms with Crippen molar-refractivity contribution < 1.29 is 1.37 Å². The topological polar surface area (TPSA) is 8.17 Å². The van der Waals surface area contributed by atoms with E-state index in [2.05, 4.69) is 216 Å². The minimum Gasteiger partial charge on any atom is -0.311 e. The Kier molecular flexibility index (Phi) is 9.20. The van der Waals surface area contributed by atoms with E-state index in [-0.39, 0.29) is 7.43 Å². The predicted molar refractivity (Wildman–Crippen MR) is 244 cm³/mol. The lowest BCUT2D eigenvalue weighted by atomic mass is 10.0. The van der Waals surface area contributed by atoms with Crippen LogP contribution in [0.1, 0.15) is 8.80 Å². The molecule has 0 N–H and O–H groups in total. The summed E-state index contributed by atoms with van der Waals surface area (Å²) in [4.78, 5) is 2.32. The molecule has 0 aliphatic heterocycles. The molecule has 0 bridgehead atoms. The van der Waals surface area contributed by atoms with Gasteiger partial charge in [0.05, 0.1) is 12.4 Å². The molecule has 0 saturated carbocycles. The minimum absolute atomic E-state index is 0. The van der Waals surface area contributed by atoms with Crippen molar-refractivity contribution >= 4 is 38.9 Å². The third kappa shape index (κ3) is 6.79. The molecule has 0 spiro atoms. The lowest BCUT2D eigenvalue weighted by Gasteiger charge is -2.26. The van der Waals surface area contributed by atoms with Crippen LogP contribution in [0.2, 0.25) is 0 Å². The van der Waals surface area contributed by atoms with E-state index in [1.54, 1.807) is 0 Å². The van der Waals surface area contributed by atoms with E-state index in [1.165, 1.54) is 33.4 Å². The Morgan fingerprint density at radius 2 is 0.684 bits per heavy atom. The number of nitrogens with zero attached hydrogens (tertiary/aromatic N) is 2. The van der Waals surface area contributed by atoms with Gasteiger partial charge in [0.15, 0.2) is 0 Å². The summed E-state index contributed by atoms with van der Waals surface area (Å²) in [7, 11) is 0. The van der Waals surface area contributed by atoms with Gasteiger partial charge in [0.1, 0.15) is 0 Å². The minimum atomic E-state index is 0. The molecule has 0 saturated heterocycles. The van der Waals surface area contributed by atoms with Crippen molar-refractivity contribution in [3.63, 3.8) is 0 Å². The van der Waals surface area contributed by atoms with E-state index in [9.17, 15) is 0 Å². The summed E-state index contributed by atoms with van der Waals surface area (Å²) in [5.41, 5.74) is 16.0. The second-order valence-electron chi connectivity index (χ2n) is 14.1. The molecule has 2 heteroatoms. The summed E-state index contributed by atoms with van der Waals surface area (Å²) in [5, 5.41) is 2.21. The van der Waals surface area contributed by atoms with Crippen LogP contribution in [0.5, 0.6) is 0 Å². The summed E-state index contributed by atoms with van der Waals surface area (Å²) in [6.07, 6.45) is 0. The van der Waals surface area contributed by atoms with Crippen molar-refractivity contribution in [3.05, 3.63) is 230 Å². The molecule has 0 radical (unpaired) electrons. The standard InChI is InChI=1S/C54H38N2.CH4/c1-4-12-39(13-5-1)42-20-29-47(30-21-42)55(48-31-22-43(23-32-48)40-14-6-2-7-15-40)49-33-26-45(27-34-49)46-28-37-54-52(38-46)51-18-10-11-19-53(51)56(54)50-35-24-44(25-36-50)41-16-8-3-9-17-41;/h1-38H;1H4/i10D;. The monoisotopic (exact) mass is 731 g/mol. The van der Waals surface area contributed by atoms with E-state index >= 15 is 0 Å². The number of rotatable bonds is 8. The highest BCUT2D eigenvalue weighted by Gasteiger charge is 2.16. The second-order valence-corrected chi connectivity index (χ2v) is 14.1. The normalized spacial score (nSPS) is 11.3. The van der Waals surface area contributed by atoms with Crippen molar-refractivity contribution in [3.8, 4) is 50.2 Å². The second kappa shape index (κ2) is 15.4. The van der Waals surface area contributed by atoms with Gasteiger partial charge >= 0.3 is 0 Å². The first-order chi connectivity index (χ1) is 28.2. The molecule has 9 aromatic carbocycles. The third-order valence-corrected chi connectivity index (χ3v) is 10.8. The molecule has 0 aliphatic carbocycles. The molecule has 1 heterocycles. The van der Waals surface area contributed by atoms with Gasteiger partial charge in [0, 0.05) is 33.5 Å². The van der Waals surface area contributed by atoms with Crippen LogP contribution in [0, 0.1) is 0 Å². The Balaban J connectivity index is 0.00000436. The quantitative estimate of drug-likeness (QED) is 0.151. The van der Waals surface area contributed by atoms with Crippen LogP contribution >= 0.6 is 0 Å². The highest BCUT2D eigenvalue weighted by Crippen LogP contribution is 2.39. The van der Waals surface area contributed by atoms with E-state index in [4.69, 9.17) is 1.37 Å². The molecule has 10 aromatic rings. The number of benzene rings is 9. The Hall–Kier alpha value is -7.42. The molecule has 0 amide bonds. The van der Waals surface area contributed by atoms with Gasteiger partial charge in [0.25, 0.3) is 0 Å². The molecule has 10 rings (SSSR count). The van der Waals surface area contributed by atoms with Gasteiger partial charge in [-0.3, -0.25) is 0 Å². The molecule has 0 aliphatic rings. The van der Waals surface area contributed by atoms with Gasteiger partial charge in [-0.05, 0) is 111 Å². The average molecular weight is 732 g/mol. The fraction of sp³-hybridized carbons (Fsp3) is 0.0182. The first-order valence-corrected chi connectivity index (χ1v) is 19.1. The molecule has 0 fully saturated rings. The predicted octanol–water partition coefficient (Wildman–Crippen LogP) is 15.6. The summed E-state index contributed by atoms with van der Waals surface area (Å²) in [6.45, 7) is 0. The molecule has 272 valence electrons. The van der Waals surface area contributed by atoms with Crippen molar-refractivity contribution in [2.45, 2.75) is 7.43 Å². The van der Waals surface area contributed by atoms with Gasteiger partial charge in [-0.1, -0.05) is 171 Å². The zero-order valence-corrected chi connectivity index (χ0v) is 30.8. The first kappa shape index (κ1) is 34.1. The van der Waals surface area contributed by atoms with Crippen LogP contribution in [-0.4, -0.2) is 4.57 Å². The number of anilines is 3. The fourth-order valence-electron chi connectivity index (χ4n) is 7.92. The molecule has 0 unspecified atom stereocenters. The van der Waals surface area contributed by atoms with Crippen molar-refractivity contribution in [2.75, 3.05) is 4.90 Å². The maximum Gasteiger partial charge on any atom is 0.0623 e. The van der Waals surface area contributed by atoms with Crippen LogP contribution in [0.3, 0.4) is 0 Å². The lowest BCUT2D eigenvalue weighted by Crippen LogP contribution is -2.09. The molecular weight excluding hydrogens is 689 g/mol. The highest BCUT2D eigenvalue weighted by molar-refractivity contribution is 6.10. The number of fused-ring (bicyclic) bond motifs is 3. The first-order valence-electron chi connectivity index (χ1n) is 19.6.